The van der Waals surface area contributed by atoms with E-state index in [4.69, 9.17) is 4.98 Å². The topological polar surface area (TPSA) is 38.1 Å². The number of aryl methyl sites for hydroxylation is 3. The molecule has 0 aliphatic rings. The van der Waals surface area contributed by atoms with Gasteiger partial charge in [-0.05, 0) is 49.2 Å². The Morgan fingerprint density at radius 2 is 1.84 bits per heavy atom. The van der Waals surface area contributed by atoms with Gasteiger partial charge in [-0.2, -0.15) is 0 Å². The van der Waals surface area contributed by atoms with Crippen LogP contribution in [0.15, 0.2) is 36.4 Å². The first kappa shape index (κ1) is 11.8. The van der Waals surface area contributed by atoms with Crippen molar-refractivity contribution in [3.63, 3.8) is 0 Å². The van der Waals surface area contributed by atoms with Gasteiger partial charge in [-0.25, -0.2) is 4.98 Å². The van der Waals surface area contributed by atoms with Gasteiger partial charge in [0.25, 0.3) is 0 Å². The molecule has 0 radical (unpaired) electrons. The van der Waals surface area contributed by atoms with Crippen molar-refractivity contribution in [1.82, 2.24) is 9.55 Å². The lowest BCUT2D eigenvalue weighted by molar-refractivity contribution is 0.475. The first-order valence-electron chi connectivity index (χ1n) is 6.30. The molecule has 3 heteroatoms. The second kappa shape index (κ2) is 4.12. The number of para-hydroxylation sites is 1. The molecule has 0 fully saturated rings. The van der Waals surface area contributed by atoms with Crippen LogP contribution in [0.25, 0.3) is 22.4 Å². The quantitative estimate of drug-likeness (QED) is 0.719. The number of hydrogen-bond donors (Lipinski definition) is 1. The van der Waals surface area contributed by atoms with Crippen LogP contribution in [0.5, 0.6) is 5.75 Å². The molecule has 3 rings (SSSR count). The summed E-state index contributed by atoms with van der Waals surface area (Å²) in [5.41, 5.74) is 5.46. The Kier molecular flexibility index (Phi) is 2.56. The van der Waals surface area contributed by atoms with Crippen LogP contribution in [0.2, 0.25) is 0 Å². The zero-order valence-corrected chi connectivity index (χ0v) is 11.3. The van der Waals surface area contributed by atoms with Crippen molar-refractivity contribution < 1.29 is 5.11 Å². The molecule has 2 aromatic carbocycles. The Morgan fingerprint density at radius 1 is 1.05 bits per heavy atom. The summed E-state index contributed by atoms with van der Waals surface area (Å²) in [6.07, 6.45) is 0. The molecule has 0 bridgehead atoms. The zero-order valence-electron chi connectivity index (χ0n) is 11.3. The lowest BCUT2D eigenvalue weighted by Crippen LogP contribution is -1.95. The van der Waals surface area contributed by atoms with E-state index in [1.54, 1.807) is 12.1 Å². The minimum Gasteiger partial charge on any atom is -0.508 e. The van der Waals surface area contributed by atoms with E-state index in [9.17, 15) is 5.11 Å². The Morgan fingerprint density at radius 3 is 2.53 bits per heavy atom. The van der Waals surface area contributed by atoms with E-state index in [2.05, 4.69) is 17.6 Å². The molecular formula is C16H16N2O. The summed E-state index contributed by atoms with van der Waals surface area (Å²) in [6.45, 7) is 4.08. The van der Waals surface area contributed by atoms with Gasteiger partial charge in [0.15, 0.2) is 0 Å². The third-order valence-corrected chi connectivity index (χ3v) is 3.55. The smallest absolute Gasteiger partial charge is 0.141 e. The fourth-order valence-electron chi connectivity index (χ4n) is 2.60. The fourth-order valence-corrected chi connectivity index (χ4v) is 2.60. The average molecular weight is 252 g/mol. The standard InChI is InChI=1S/C16H16N2O/c1-10-5-4-6-14-15(10)18(3)16(17-14)13-8-7-12(19)9-11(13)2/h4-9,19H,1-3H3. The largest absolute Gasteiger partial charge is 0.508 e. The second-order valence-electron chi connectivity index (χ2n) is 4.94. The van der Waals surface area contributed by atoms with Gasteiger partial charge in [-0.15, -0.1) is 0 Å². The monoisotopic (exact) mass is 252 g/mol. The first-order valence-corrected chi connectivity index (χ1v) is 6.30. The van der Waals surface area contributed by atoms with Crippen LogP contribution < -0.4 is 0 Å². The Hall–Kier alpha value is -2.29. The minimum atomic E-state index is 0.288. The third kappa shape index (κ3) is 1.78. The highest BCUT2D eigenvalue weighted by Crippen LogP contribution is 2.29. The SMILES string of the molecule is Cc1cc(O)ccc1-c1nc2cccc(C)c2n1C. The molecule has 0 atom stereocenters. The molecule has 0 saturated carbocycles. The normalized spacial score (nSPS) is 11.1. The molecule has 3 aromatic rings. The molecule has 3 nitrogen and oxygen atoms in total. The van der Waals surface area contributed by atoms with Crippen molar-refractivity contribution in [1.29, 1.82) is 0 Å². The van der Waals surface area contributed by atoms with E-state index in [1.807, 2.05) is 32.2 Å². The maximum atomic E-state index is 9.51. The molecule has 0 amide bonds. The number of fused-ring (bicyclic) bond motifs is 1. The maximum absolute atomic E-state index is 9.51. The second-order valence-corrected chi connectivity index (χ2v) is 4.94. The average Bonchev–Trinajstić information content (AvgIpc) is 2.68. The number of hydrogen-bond acceptors (Lipinski definition) is 2. The summed E-state index contributed by atoms with van der Waals surface area (Å²) in [6, 6.07) is 11.5. The van der Waals surface area contributed by atoms with Crippen molar-refractivity contribution in [3.05, 3.63) is 47.5 Å². The Labute approximate surface area is 112 Å². The van der Waals surface area contributed by atoms with Crippen LogP contribution in [-0.4, -0.2) is 14.7 Å². The maximum Gasteiger partial charge on any atom is 0.141 e. The number of nitrogens with zero attached hydrogens (tertiary/aromatic N) is 2. The molecular weight excluding hydrogens is 236 g/mol. The molecule has 1 N–H and O–H groups in total. The predicted octanol–water partition coefficient (Wildman–Crippen LogP) is 3.56. The summed E-state index contributed by atoms with van der Waals surface area (Å²) in [4.78, 5) is 4.72. The van der Waals surface area contributed by atoms with E-state index in [0.717, 1.165) is 28.0 Å². The number of rotatable bonds is 1. The first-order chi connectivity index (χ1) is 9.08. The lowest BCUT2D eigenvalue weighted by Gasteiger charge is -2.07. The van der Waals surface area contributed by atoms with Gasteiger partial charge in [-0.3, -0.25) is 0 Å². The van der Waals surface area contributed by atoms with E-state index >= 15 is 0 Å². The van der Waals surface area contributed by atoms with E-state index in [1.165, 1.54) is 5.56 Å². The molecule has 0 saturated heterocycles. The molecule has 0 spiro atoms. The predicted molar refractivity (Wildman–Crippen MR) is 77.3 cm³/mol. The summed E-state index contributed by atoms with van der Waals surface area (Å²) < 4.78 is 2.12. The zero-order chi connectivity index (χ0) is 13.6. The molecule has 1 heterocycles. The van der Waals surface area contributed by atoms with Gasteiger partial charge >= 0.3 is 0 Å². The molecule has 0 unspecified atom stereocenters. The summed E-state index contributed by atoms with van der Waals surface area (Å²) in [7, 11) is 2.03. The fraction of sp³-hybridized carbons (Fsp3) is 0.188. The van der Waals surface area contributed by atoms with Crippen LogP contribution in [0.1, 0.15) is 11.1 Å². The van der Waals surface area contributed by atoms with E-state index < -0.39 is 0 Å². The van der Waals surface area contributed by atoms with Crippen molar-refractivity contribution in [3.8, 4) is 17.1 Å². The number of benzene rings is 2. The number of imidazole rings is 1. The number of phenols is 1. The van der Waals surface area contributed by atoms with Crippen LogP contribution in [-0.2, 0) is 7.05 Å². The summed E-state index contributed by atoms with van der Waals surface area (Å²) in [5, 5.41) is 9.51. The minimum absolute atomic E-state index is 0.288. The number of aromatic nitrogens is 2. The molecule has 1 aromatic heterocycles. The highest BCUT2D eigenvalue weighted by atomic mass is 16.3. The van der Waals surface area contributed by atoms with Gasteiger partial charge in [-0.1, -0.05) is 12.1 Å². The molecule has 96 valence electrons. The number of aromatic hydroxyl groups is 1. The van der Waals surface area contributed by atoms with Crippen LogP contribution in [0, 0.1) is 13.8 Å². The lowest BCUT2D eigenvalue weighted by atomic mass is 10.1. The number of phenolic OH excluding ortho intramolecular Hbond substituents is 1. The van der Waals surface area contributed by atoms with Gasteiger partial charge in [0.1, 0.15) is 11.6 Å². The van der Waals surface area contributed by atoms with Crippen molar-refractivity contribution in [2.75, 3.05) is 0 Å². The van der Waals surface area contributed by atoms with Gasteiger partial charge in [0.2, 0.25) is 0 Å². The van der Waals surface area contributed by atoms with Crippen LogP contribution in [0.3, 0.4) is 0 Å². The Balaban J connectivity index is 2.31. The Bertz CT molecular complexity index is 772. The van der Waals surface area contributed by atoms with Gasteiger partial charge < -0.3 is 9.67 Å². The molecule has 0 aliphatic heterocycles. The van der Waals surface area contributed by atoms with Crippen molar-refractivity contribution in [2.45, 2.75) is 13.8 Å². The van der Waals surface area contributed by atoms with E-state index in [-0.39, 0.29) is 5.75 Å². The highest BCUT2D eigenvalue weighted by molar-refractivity contribution is 5.83. The third-order valence-electron chi connectivity index (χ3n) is 3.55. The van der Waals surface area contributed by atoms with Crippen LogP contribution in [0.4, 0.5) is 0 Å². The van der Waals surface area contributed by atoms with Crippen molar-refractivity contribution in [2.24, 2.45) is 7.05 Å². The summed E-state index contributed by atoms with van der Waals surface area (Å²) in [5.74, 6) is 1.22. The van der Waals surface area contributed by atoms with E-state index in [0.29, 0.717) is 0 Å². The summed E-state index contributed by atoms with van der Waals surface area (Å²) >= 11 is 0. The van der Waals surface area contributed by atoms with Crippen LogP contribution >= 0.6 is 0 Å². The molecule has 19 heavy (non-hydrogen) atoms. The van der Waals surface area contributed by atoms with Crippen molar-refractivity contribution >= 4 is 11.0 Å². The highest BCUT2D eigenvalue weighted by Gasteiger charge is 2.13. The van der Waals surface area contributed by atoms with Gasteiger partial charge in [0.05, 0.1) is 11.0 Å². The van der Waals surface area contributed by atoms with Gasteiger partial charge in [0, 0.05) is 12.6 Å². The molecule has 0 aliphatic carbocycles.